The number of aryl methyl sites for hydroxylation is 1. The van der Waals surface area contributed by atoms with Gasteiger partial charge < -0.3 is 24.9 Å². The first-order valence-electron chi connectivity index (χ1n) is 9.08. The molecule has 7 heteroatoms. The monoisotopic (exact) mass is 378 g/mol. The maximum Gasteiger partial charge on any atom is 0.224 e. The van der Waals surface area contributed by atoms with Crippen molar-refractivity contribution >= 4 is 27.5 Å². The zero-order valence-corrected chi connectivity index (χ0v) is 16.1. The van der Waals surface area contributed by atoms with Gasteiger partial charge in [-0.15, -0.1) is 0 Å². The average molecular weight is 378 g/mol. The van der Waals surface area contributed by atoms with Gasteiger partial charge in [0.2, 0.25) is 17.6 Å². The van der Waals surface area contributed by atoms with E-state index in [0.717, 1.165) is 28.5 Å². The van der Waals surface area contributed by atoms with Gasteiger partial charge in [0.15, 0.2) is 0 Å². The first-order valence-corrected chi connectivity index (χ1v) is 9.08. The van der Waals surface area contributed by atoms with Crippen molar-refractivity contribution in [3.8, 4) is 28.8 Å². The Labute approximate surface area is 162 Å². The van der Waals surface area contributed by atoms with Crippen LogP contribution in [0.4, 0.5) is 5.69 Å². The highest BCUT2D eigenvalue weighted by atomic mass is 16.5. The Morgan fingerprint density at radius 1 is 1.07 bits per heavy atom. The molecule has 28 heavy (non-hydrogen) atoms. The standard InChI is InChI=1S/C21H22N4O3/c1-4-10-25-11-15-17(21(25)26)18(22)14-7-5-6-12(19(14)23-15)13-8-9-16(27-2)24-20(13)28-3/h5-9,11,26H,4,10,22H2,1-3H3. The first-order chi connectivity index (χ1) is 13.6. The summed E-state index contributed by atoms with van der Waals surface area (Å²) in [4.78, 5) is 9.19. The molecular weight excluding hydrogens is 356 g/mol. The molecule has 4 aromatic rings. The Balaban J connectivity index is 2.02. The van der Waals surface area contributed by atoms with Crippen molar-refractivity contribution in [2.24, 2.45) is 0 Å². The summed E-state index contributed by atoms with van der Waals surface area (Å²) in [5.74, 6) is 1.06. The van der Waals surface area contributed by atoms with Crippen molar-refractivity contribution in [2.45, 2.75) is 19.9 Å². The lowest BCUT2D eigenvalue weighted by Gasteiger charge is -2.12. The molecule has 3 aromatic heterocycles. The molecule has 7 nitrogen and oxygen atoms in total. The normalized spacial score (nSPS) is 11.2. The van der Waals surface area contributed by atoms with Crippen LogP contribution in [0.2, 0.25) is 0 Å². The fourth-order valence-electron chi connectivity index (χ4n) is 3.54. The van der Waals surface area contributed by atoms with Crippen LogP contribution in [0.25, 0.3) is 32.9 Å². The van der Waals surface area contributed by atoms with Gasteiger partial charge in [0.1, 0.15) is 0 Å². The fourth-order valence-corrected chi connectivity index (χ4v) is 3.54. The molecule has 0 spiro atoms. The van der Waals surface area contributed by atoms with Gasteiger partial charge in [-0.25, -0.2) is 4.98 Å². The second-order valence-corrected chi connectivity index (χ2v) is 6.54. The van der Waals surface area contributed by atoms with Crippen LogP contribution in [-0.2, 0) is 6.54 Å². The fraction of sp³-hybridized carbons (Fsp3) is 0.238. The highest BCUT2D eigenvalue weighted by Gasteiger charge is 2.19. The number of aromatic hydroxyl groups is 1. The van der Waals surface area contributed by atoms with Gasteiger partial charge in [0.05, 0.1) is 36.3 Å². The number of nitrogens with zero attached hydrogens (tertiary/aromatic N) is 3. The van der Waals surface area contributed by atoms with Gasteiger partial charge in [-0.05, 0) is 12.5 Å². The summed E-state index contributed by atoms with van der Waals surface area (Å²) in [7, 11) is 3.13. The molecule has 0 bridgehead atoms. The number of ether oxygens (including phenoxy) is 2. The van der Waals surface area contributed by atoms with E-state index < -0.39 is 0 Å². The van der Waals surface area contributed by atoms with E-state index in [2.05, 4.69) is 11.9 Å². The maximum absolute atomic E-state index is 10.6. The molecule has 0 saturated heterocycles. The number of hydrogen-bond acceptors (Lipinski definition) is 6. The van der Waals surface area contributed by atoms with E-state index in [1.54, 1.807) is 24.9 Å². The van der Waals surface area contributed by atoms with Gasteiger partial charge in [-0.3, -0.25) is 0 Å². The summed E-state index contributed by atoms with van der Waals surface area (Å²) in [5.41, 5.74) is 9.98. The predicted molar refractivity (Wildman–Crippen MR) is 110 cm³/mol. The lowest BCUT2D eigenvalue weighted by atomic mass is 10.0. The van der Waals surface area contributed by atoms with E-state index in [-0.39, 0.29) is 5.88 Å². The Kier molecular flexibility index (Phi) is 4.43. The lowest BCUT2D eigenvalue weighted by molar-refractivity contribution is 0.366. The molecule has 144 valence electrons. The Hall–Kier alpha value is -3.48. The van der Waals surface area contributed by atoms with Crippen LogP contribution >= 0.6 is 0 Å². The quantitative estimate of drug-likeness (QED) is 0.546. The molecule has 1 aromatic carbocycles. The molecule has 0 fully saturated rings. The van der Waals surface area contributed by atoms with Crippen LogP contribution in [0.5, 0.6) is 17.6 Å². The third-order valence-electron chi connectivity index (χ3n) is 4.85. The van der Waals surface area contributed by atoms with Crippen LogP contribution in [0.3, 0.4) is 0 Å². The number of rotatable bonds is 5. The minimum absolute atomic E-state index is 0.151. The van der Waals surface area contributed by atoms with Crippen LogP contribution in [-0.4, -0.2) is 33.9 Å². The summed E-state index contributed by atoms with van der Waals surface area (Å²) >= 11 is 0. The zero-order valence-electron chi connectivity index (χ0n) is 16.1. The van der Waals surface area contributed by atoms with Crippen molar-refractivity contribution < 1.29 is 14.6 Å². The summed E-state index contributed by atoms with van der Waals surface area (Å²) in [6, 6.07) is 9.44. The van der Waals surface area contributed by atoms with Crippen LogP contribution in [0.15, 0.2) is 36.5 Å². The highest BCUT2D eigenvalue weighted by Crippen LogP contribution is 2.40. The second kappa shape index (κ2) is 6.92. The minimum Gasteiger partial charge on any atom is -0.494 e. The van der Waals surface area contributed by atoms with E-state index in [0.29, 0.717) is 34.9 Å². The van der Waals surface area contributed by atoms with E-state index in [1.165, 1.54) is 0 Å². The maximum atomic E-state index is 10.6. The molecule has 3 heterocycles. The number of aromatic nitrogens is 3. The smallest absolute Gasteiger partial charge is 0.224 e. The molecule has 3 N–H and O–H groups in total. The van der Waals surface area contributed by atoms with Gasteiger partial charge in [-0.1, -0.05) is 25.1 Å². The number of anilines is 1. The second-order valence-electron chi connectivity index (χ2n) is 6.54. The Morgan fingerprint density at radius 2 is 1.89 bits per heavy atom. The topological polar surface area (TPSA) is 95.4 Å². The van der Waals surface area contributed by atoms with E-state index in [9.17, 15) is 5.11 Å². The van der Waals surface area contributed by atoms with E-state index in [1.807, 2.05) is 30.5 Å². The van der Waals surface area contributed by atoms with E-state index in [4.69, 9.17) is 20.2 Å². The van der Waals surface area contributed by atoms with Crippen molar-refractivity contribution in [1.82, 2.24) is 14.5 Å². The number of nitrogens with two attached hydrogens (primary N) is 1. The zero-order chi connectivity index (χ0) is 19.8. The molecule has 0 amide bonds. The average Bonchev–Trinajstić information content (AvgIpc) is 3.03. The summed E-state index contributed by atoms with van der Waals surface area (Å²) in [6.45, 7) is 2.75. The molecular formula is C21H22N4O3. The predicted octanol–water partition coefficient (Wildman–Crippen LogP) is 3.97. The van der Waals surface area contributed by atoms with Crippen molar-refractivity contribution in [1.29, 1.82) is 0 Å². The van der Waals surface area contributed by atoms with Crippen molar-refractivity contribution in [3.63, 3.8) is 0 Å². The number of hydrogen-bond donors (Lipinski definition) is 2. The van der Waals surface area contributed by atoms with Crippen molar-refractivity contribution in [2.75, 3.05) is 20.0 Å². The number of para-hydroxylation sites is 1. The molecule has 0 unspecified atom stereocenters. The molecule has 0 aliphatic heterocycles. The van der Waals surface area contributed by atoms with Gasteiger partial charge in [0, 0.05) is 35.3 Å². The number of pyridine rings is 2. The van der Waals surface area contributed by atoms with E-state index >= 15 is 0 Å². The first kappa shape index (κ1) is 17.9. The molecule has 0 aliphatic rings. The van der Waals surface area contributed by atoms with Gasteiger partial charge >= 0.3 is 0 Å². The van der Waals surface area contributed by atoms with Gasteiger partial charge in [-0.2, -0.15) is 4.98 Å². The lowest BCUT2D eigenvalue weighted by Crippen LogP contribution is -1.97. The summed E-state index contributed by atoms with van der Waals surface area (Å²) < 4.78 is 12.4. The number of fused-ring (bicyclic) bond motifs is 2. The molecule has 0 radical (unpaired) electrons. The minimum atomic E-state index is 0.151. The highest BCUT2D eigenvalue weighted by molar-refractivity contribution is 6.12. The van der Waals surface area contributed by atoms with Gasteiger partial charge in [0.25, 0.3) is 0 Å². The molecule has 0 atom stereocenters. The summed E-state index contributed by atoms with van der Waals surface area (Å²) in [6.07, 6.45) is 2.73. The van der Waals surface area contributed by atoms with Crippen molar-refractivity contribution in [3.05, 3.63) is 36.5 Å². The number of benzene rings is 1. The number of nitrogen functional groups attached to an aromatic ring is 1. The van der Waals surface area contributed by atoms with Crippen LogP contribution in [0, 0.1) is 0 Å². The third-order valence-corrected chi connectivity index (χ3v) is 4.85. The summed E-state index contributed by atoms with van der Waals surface area (Å²) in [5, 5.41) is 11.9. The Bertz CT molecular complexity index is 1180. The SMILES string of the molecule is CCCn1cc2nc3c(-c4ccc(OC)nc4OC)cccc3c(N)c2c1O. The third kappa shape index (κ3) is 2.67. The molecule has 0 aliphatic carbocycles. The number of methoxy groups -OCH3 is 2. The Morgan fingerprint density at radius 3 is 2.61 bits per heavy atom. The van der Waals surface area contributed by atoms with Crippen LogP contribution < -0.4 is 15.2 Å². The molecule has 4 rings (SSSR count). The van der Waals surface area contributed by atoms with Crippen LogP contribution in [0.1, 0.15) is 13.3 Å². The largest absolute Gasteiger partial charge is 0.494 e. The molecule has 0 saturated carbocycles.